The zero-order valence-electron chi connectivity index (χ0n) is 27.9. The van der Waals surface area contributed by atoms with Gasteiger partial charge in [0.2, 0.25) is 0 Å². The summed E-state index contributed by atoms with van der Waals surface area (Å²) in [7, 11) is 0. The average molecular weight is 669 g/mol. The summed E-state index contributed by atoms with van der Waals surface area (Å²) in [6.45, 7) is 0. The molecule has 2 nitrogen and oxygen atoms in total. The maximum absolute atomic E-state index is 2.46. The van der Waals surface area contributed by atoms with Gasteiger partial charge in [0.1, 0.15) is 0 Å². The van der Waals surface area contributed by atoms with E-state index in [1.807, 2.05) is 11.3 Å². The van der Waals surface area contributed by atoms with Crippen molar-refractivity contribution in [1.29, 1.82) is 0 Å². The molecule has 0 radical (unpaired) electrons. The molecule has 240 valence electrons. The maximum Gasteiger partial charge on any atom is 0.0541 e. The van der Waals surface area contributed by atoms with Crippen molar-refractivity contribution < 1.29 is 0 Å². The molecule has 1 aliphatic carbocycles. The standard InChI is InChI=1S/C48H32N2S/c1-2-11-34(12-3-1)49-42-17-7-4-13-37(42)40-29-32(23-27-44(40)49)33-24-28-45-41(30-33)38-14-5-8-18-43(38)50(45)35-25-21-31(22-26-35)36-16-10-20-47-48(36)39-15-6-9-19-46(39)51-47/h1-4,6-13,15-30H,5,14H2. The van der Waals surface area contributed by atoms with E-state index in [4.69, 9.17) is 0 Å². The van der Waals surface area contributed by atoms with E-state index >= 15 is 0 Å². The van der Waals surface area contributed by atoms with E-state index < -0.39 is 0 Å². The summed E-state index contributed by atoms with van der Waals surface area (Å²) in [5, 5.41) is 6.59. The van der Waals surface area contributed by atoms with Gasteiger partial charge in [0.15, 0.2) is 0 Å². The fourth-order valence-corrected chi connectivity index (χ4v) is 9.64. The van der Waals surface area contributed by atoms with Gasteiger partial charge in [-0.3, -0.25) is 0 Å². The number of benzene rings is 7. The van der Waals surface area contributed by atoms with Crippen LogP contribution in [0.4, 0.5) is 0 Å². The number of allylic oxidation sites excluding steroid dienone is 1. The molecule has 10 aromatic rings. The van der Waals surface area contributed by atoms with Crippen LogP contribution in [-0.2, 0) is 6.42 Å². The van der Waals surface area contributed by atoms with Crippen LogP contribution < -0.4 is 0 Å². The molecule has 0 bridgehead atoms. The first-order valence-electron chi connectivity index (χ1n) is 17.7. The van der Waals surface area contributed by atoms with Crippen LogP contribution in [0.15, 0.2) is 164 Å². The van der Waals surface area contributed by atoms with Gasteiger partial charge in [0, 0.05) is 53.4 Å². The molecule has 0 N–H and O–H groups in total. The highest BCUT2D eigenvalue weighted by Gasteiger charge is 2.20. The number of hydrogen-bond acceptors (Lipinski definition) is 1. The summed E-state index contributed by atoms with van der Waals surface area (Å²) >= 11 is 1.88. The van der Waals surface area contributed by atoms with Crippen LogP contribution in [0.1, 0.15) is 17.7 Å². The summed E-state index contributed by atoms with van der Waals surface area (Å²) in [5.41, 5.74) is 13.9. The minimum Gasteiger partial charge on any atom is -0.310 e. The predicted octanol–water partition coefficient (Wildman–Crippen LogP) is 13.4. The Morgan fingerprint density at radius 2 is 1.10 bits per heavy atom. The third-order valence-electron chi connectivity index (χ3n) is 10.8. The molecule has 0 spiro atoms. The van der Waals surface area contributed by atoms with Crippen LogP contribution >= 0.6 is 11.3 Å². The summed E-state index contributed by atoms with van der Waals surface area (Å²) < 4.78 is 7.53. The average Bonchev–Trinajstić information content (AvgIpc) is 3.85. The van der Waals surface area contributed by atoms with Gasteiger partial charge in [-0.15, -0.1) is 11.3 Å². The normalized spacial score (nSPS) is 12.9. The minimum absolute atomic E-state index is 1.05. The Morgan fingerprint density at radius 1 is 0.451 bits per heavy atom. The zero-order chi connectivity index (χ0) is 33.5. The van der Waals surface area contributed by atoms with Gasteiger partial charge < -0.3 is 9.13 Å². The SMILES string of the molecule is C1=Cc2c(c3cc(-c4ccc5c(c4)c4ccccc4n5-c4ccccc4)ccc3n2-c2ccc(-c3cccc4sc5ccccc5c34)cc2)CC1. The second-order valence-corrected chi connectivity index (χ2v) is 14.7. The summed E-state index contributed by atoms with van der Waals surface area (Å²) in [5.74, 6) is 0. The predicted molar refractivity (Wildman–Crippen MR) is 219 cm³/mol. The van der Waals surface area contributed by atoms with Crippen molar-refractivity contribution in [3.63, 3.8) is 0 Å². The van der Waals surface area contributed by atoms with Gasteiger partial charge >= 0.3 is 0 Å². The molecule has 3 aromatic heterocycles. The largest absolute Gasteiger partial charge is 0.310 e. The fraction of sp³-hybridized carbons (Fsp3) is 0.0417. The lowest BCUT2D eigenvalue weighted by molar-refractivity contribution is 0.967. The Bertz CT molecular complexity index is 3010. The highest BCUT2D eigenvalue weighted by molar-refractivity contribution is 7.25. The Labute approximate surface area is 299 Å². The lowest BCUT2D eigenvalue weighted by Crippen LogP contribution is -2.00. The number of para-hydroxylation sites is 2. The number of nitrogens with zero attached hydrogens (tertiary/aromatic N) is 2. The highest BCUT2D eigenvalue weighted by Crippen LogP contribution is 2.42. The lowest BCUT2D eigenvalue weighted by Gasteiger charge is -2.13. The summed E-state index contributed by atoms with van der Waals surface area (Å²) in [6, 6.07) is 58.2. The fourth-order valence-electron chi connectivity index (χ4n) is 8.51. The molecule has 3 heteroatoms. The Hall–Kier alpha value is -6.16. The number of hydrogen-bond donors (Lipinski definition) is 0. The van der Waals surface area contributed by atoms with E-state index in [1.165, 1.54) is 97.8 Å². The first-order valence-corrected chi connectivity index (χ1v) is 18.6. The molecule has 7 aromatic carbocycles. The van der Waals surface area contributed by atoms with Gasteiger partial charge in [0.25, 0.3) is 0 Å². The van der Waals surface area contributed by atoms with Gasteiger partial charge in [-0.1, -0.05) is 97.1 Å². The van der Waals surface area contributed by atoms with Crippen LogP contribution in [0.5, 0.6) is 0 Å². The molecule has 0 unspecified atom stereocenters. The van der Waals surface area contributed by atoms with E-state index in [2.05, 4.69) is 179 Å². The quantitative estimate of drug-likeness (QED) is 0.177. The first kappa shape index (κ1) is 28.7. The first-order chi connectivity index (χ1) is 25.3. The number of fused-ring (bicyclic) bond motifs is 9. The van der Waals surface area contributed by atoms with Crippen LogP contribution in [-0.4, -0.2) is 9.13 Å². The summed E-state index contributed by atoms with van der Waals surface area (Å²) in [6.07, 6.45) is 6.77. The number of aromatic nitrogens is 2. The maximum atomic E-state index is 2.46. The third-order valence-corrected chi connectivity index (χ3v) is 11.9. The van der Waals surface area contributed by atoms with Gasteiger partial charge in [0.05, 0.1) is 16.6 Å². The number of rotatable bonds is 4. The van der Waals surface area contributed by atoms with E-state index in [0.29, 0.717) is 0 Å². The van der Waals surface area contributed by atoms with Crippen molar-refractivity contribution in [2.45, 2.75) is 12.8 Å². The van der Waals surface area contributed by atoms with E-state index in [9.17, 15) is 0 Å². The molecule has 0 aliphatic heterocycles. The molecule has 0 atom stereocenters. The van der Waals surface area contributed by atoms with E-state index in [0.717, 1.165) is 12.8 Å². The van der Waals surface area contributed by atoms with Crippen LogP contribution in [0.25, 0.3) is 92.6 Å². The molecule has 0 fully saturated rings. The van der Waals surface area contributed by atoms with Crippen molar-refractivity contribution in [3.8, 4) is 33.6 Å². The minimum atomic E-state index is 1.05. The third kappa shape index (κ3) is 4.35. The van der Waals surface area contributed by atoms with Crippen molar-refractivity contribution in [2.75, 3.05) is 0 Å². The molecule has 51 heavy (non-hydrogen) atoms. The van der Waals surface area contributed by atoms with Crippen LogP contribution in [0.2, 0.25) is 0 Å². The van der Waals surface area contributed by atoms with E-state index in [1.54, 1.807) is 0 Å². The van der Waals surface area contributed by atoms with Crippen molar-refractivity contribution in [2.24, 2.45) is 0 Å². The van der Waals surface area contributed by atoms with Gasteiger partial charge in [-0.2, -0.15) is 0 Å². The topological polar surface area (TPSA) is 9.86 Å². The lowest BCUT2D eigenvalue weighted by atomic mass is 9.97. The molecule has 3 heterocycles. The number of thiophene rings is 1. The molecule has 0 saturated heterocycles. The second kappa shape index (κ2) is 11.2. The van der Waals surface area contributed by atoms with Crippen molar-refractivity contribution in [3.05, 3.63) is 175 Å². The highest BCUT2D eigenvalue weighted by atomic mass is 32.1. The summed E-state index contributed by atoms with van der Waals surface area (Å²) in [4.78, 5) is 0. The molecule has 1 aliphatic rings. The molecular weight excluding hydrogens is 637 g/mol. The molecular formula is C48H32N2S. The second-order valence-electron chi connectivity index (χ2n) is 13.6. The van der Waals surface area contributed by atoms with E-state index in [-0.39, 0.29) is 0 Å². The van der Waals surface area contributed by atoms with Gasteiger partial charge in [-0.25, -0.2) is 0 Å². The molecule has 0 amide bonds. The van der Waals surface area contributed by atoms with Crippen molar-refractivity contribution in [1.82, 2.24) is 9.13 Å². The Kier molecular flexibility index (Phi) is 6.28. The smallest absolute Gasteiger partial charge is 0.0541 e. The van der Waals surface area contributed by atoms with Crippen LogP contribution in [0.3, 0.4) is 0 Å². The van der Waals surface area contributed by atoms with Gasteiger partial charge in [-0.05, 0) is 113 Å². The Morgan fingerprint density at radius 3 is 1.94 bits per heavy atom. The monoisotopic (exact) mass is 668 g/mol. The molecule has 0 saturated carbocycles. The zero-order valence-corrected chi connectivity index (χ0v) is 28.7. The Balaban J connectivity index is 1.03. The van der Waals surface area contributed by atoms with Crippen molar-refractivity contribution >= 4 is 70.3 Å². The molecule has 11 rings (SSSR count). The number of aryl methyl sites for hydroxylation is 1. The van der Waals surface area contributed by atoms with Crippen LogP contribution in [0, 0.1) is 0 Å².